The van der Waals surface area contributed by atoms with Crippen LogP contribution in [0.25, 0.3) is 0 Å². The van der Waals surface area contributed by atoms with Crippen LogP contribution in [-0.2, 0) is 30.7 Å². The number of carbonyl (C=O) groups excluding carboxylic acids is 1. The molecule has 0 saturated carbocycles. The molecular weight excluding hydrogens is 290 g/mol. The molecule has 0 bridgehead atoms. The fraction of sp³-hybridized carbons (Fsp3) is 0.545. The predicted octanol–water partition coefficient (Wildman–Crippen LogP) is 0.906. The summed E-state index contributed by atoms with van der Waals surface area (Å²) >= 11 is 0.968. The fourth-order valence-corrected chi connectivity index (χ4v) is 3.10. The van der Waals surface area contributed by atoms with Crippen molar-refractivity contribution in [3.63, 3.8) is 0 Å². The highest BCUT2D eigenvalue weighted by Crippen LogP contribution is 2.21. The number of carbonyl (C=O) groups is 1. The maximum atomic E-state index is 11.6. The molecule has 6 nitrogen and oxygen atoms in total. The molecule has 0 saturated heterocycles. The molecule has 0 aliphatic rings. The number of sulfonamides is 1. The van der Waals surface area contributed by atoms with Gasteiger partial charge in [0.05, 0.1) is 13.0 Å². The Labute approximate surface area is 116 Å². The van der Waals surface area contributed by atoms with Crippen molar-refractivity contribution in [2.45, 2.75) is 30.6 Å². The van der Waals surface area contributed by atoms with Crippen molar-refractivity contribution in [2.75, 3.05) is 13.2 Å². The molecule has 108 valence electrons. The SMILES string of the molecule is CCOCC(C)OC(=O)Cc1ccc(S(N)(=O)=O)s1. The number of ether oxygens (including phenoxy) is 2. The standard InChI is InChI=1S/C11H17NO5S2/c1-3-16-7-8(2)17-10(13)6-9-4-5-11(18-9)19(12,14)15/h4-5,8H,3,6-7H2,1-2H3,(H2,12,14,15). The summed E-state index contributed by atoms with van der Waals surface area (Å²) in [5.74, 6) is -0.421. The van der Waals surface area contributed by atoms with Crippen LogP contribution in [0.5, 0.6) is 0 Å². The van der Waals surface area contributed by atoms with Crippen LogP contribution < -0.4 is 5.14 Å². The zero-order chi connectivity index (χ0) is 14.5. The van der Waals surface area contributed by atoms with Crippen LogP contribution in [0.2, 0.25) is 0 Å². The van der Waals surface area contributed by atoms with Gasteiger partial charge in [0.25, 0.3) is 0 Å². The average Bonchev–Trinajstić information content (AvgIpc) is 2.74. The van der Waals surface area contributed by atoms with Crippen molar-refractivity contribution in [3.8, 4) is 0 Å². The molecule has 1 heterocycles. The van der Waals surface area contributed by atoms with Gasteiger partial charge in [-0.15, -0.1) is 11.3 Å². The maximum Gasteiger partial charge on any atom is 0.311 e. The summed E-state index contributed by atoms with van der Waals surface area (Å²) in [4.78, 5) is 12.2. The Bertz CT molecular complexity index is 523. The van der Waals surface area contributed by atoms with Gasteiger partial charge in [0.15, 0.2) is 0 Å². The highest BCUT2D eigenvalue weighted by Gasteiger charge is 2.15. The van der Waals surface area contributed by atoms with Crippen molar-refractivity contribution < 1.29 is 22.7 Å². The third kappa shape index (κ3) is 5.68. The molecule has 1 rings (SSSR count). The number of hydrogen-bond acceptors (Lipinski definition) is 6. The topological polar surface area (TPSA) is 95.7 Å². The third-order valence-electron chi connectivity index (χ3n) is 2.13. The van der Waals surface area contributed by atoms with Crippen LogP contribution in [0.3, 0.4) is 0 Å². The van der Waals surface area contributed by atoms with Crippen LogP contribution in [-0.4, -0.2) is 33.7 Å². The Morgan fingerprint density at radius 3 is 2.68 bits per heavy atom. The summed E-state index contributed by atoms with van der Waals surface area (Å²) in [6.07, 6.45) is -0.304. The number of esters is 1. The van der Waals surface area contributed by atoms with E-state index >= 15 is 0 Å². The van der Waals surface area contributed by atoms with Gasteiger partial charge >= 0.3 is 5.97 Å². The van der Waals surface area contributed by atoms with Crippen molar-refractivity contribution in [2.24, 2.45) is 5.14 Å². The first-order chi connectivity index (χ1) is 8.82. The minimum Gasteiger partial charge on any atom is -0.460 e. The Morgan fingerprint density at radius 2 is 2.16 bits per heavy atom. The van der Waals surface area contributed by atoms with Crippen LogP contribution >= 0.6 is 11.3 Å². The van der Waals surface area contributed by atoms with E-state index in [-0.39, 0.29) is 16.7 Å². The summed E-state index contributed by atoms with van der Waals surface area (Å²) in [6.45, 7) is 4.49. The van der Waals surface area contributed by atoms with E-state index in [1.54, 1.807) is 13.0 Å². The number of thiophene rings is 1. The second kappa shape index (κ2) is 6.99. The molecule has 1 atom stereocenters. The number of primary sulfonamides is 1. The normalized spacial score (nSPS) is 13.2. The lowest BCUT2D eigenvalue weighted by molar-refractivity contribution is -0.150. The highest BCUT2D eigenvalue weighted by atomic mass is 32.2. The van der Waals surface area contributed by atoms with Crippen molar-refractivity contribution in [3.05, 3.63) is 17.0 Å². The molecule has 19 heavy (non-hydrogen) atoms. The lowest BCUT2D eigenvalue weighted by Crippen LogP contribution is -2.21. The van der Waals surface area contributed by atoms with Gasteiger partial charge in [-0.1, -0.05) is 0 Å². The highest BCUT2D eigenvalue weighted by molar-refractivity contribution is 7.91. The summed E-state index contributed by atoms with van der Waals surface area (Å²) in [5.41, 5.74) is 0. The third-order valence-corrected chi connectivity index (χ3v) is 4.65. The lowest BCUT2D eigenvalue weighted by atomic mass is 10.3. The molecular formula is C11H17NO5S2. The molecule has 1 aromatic heterocycles. The van der Waals surface area contributed by atoms with Crippen LogP contribution in [0, 0.1) is 0 Å². The molecule has 0 fully saturated rings. The Kier molecular flexibility index (Phi) is 5.92. The molecule has 0 aromatic carbocycles. The van der Waals surface area contributed by atoms with Gasteiger partial charge < -0.3 is 9.47 Å². The predicted molar refractivity (Wildman–Crippen MR) is 71.4 cm³/mol. The first-order valence-electron chi connectivity index (χ1n) is 5.71. The first-order valence-corrected chi connectivity index (χ1v) is 8.08. The van der Waals surface area contributed by atoms with Gasteiger partial charge in [0.1, 0.15) is 10.3 Å². The van der Waals surface area contributed by atoms with Gasteiger partial charge in [-0.2, -0.15) is 0 Å². The summed E-state index contributed by atoms with van der Waals surface area (Å²) in [5, 5.41) is 4.99. The molecule has 0 aliphatic carbocycles. The van der Waals surface area contributed by atoms with Crippen LogP contribution in [0.1, 0.15) is 18.7 Å². The van der Waals surface area contributed by atoms with Crippen molar-refractivity contribution >= 4 is 27.3 Å². The minimum atomic E-state index is -3.71. The van der Waals surface area contributed by atoms with E-state index in [1.165, 1.54) is 6.07 Å². The monoisotopic (exact) mass is 307 g/mol. The molecule has 0 spiro atoms. The van der Waals surface area contributed by atoms with Crippen molar-refractivity contribution in [1.29, 1.82) is 0 Å². The van der Waals surface area contributed by atoms with E-state index < -0.39 is 16.0 Å². The molecule has 0 amide bonds. The molecule has 1 unspecified atom stereocenters. The molecule has 8 heteroatoms. The fourth-order valence-electron chi connectivity index (χ4n) is 1.33. The van der Waals surface area contributed by atoms with Gasteiger partial charge in [-0.05, 0) is 26.0 Å². The van der Waals surface area contributed by atoms with Gasteiger partial charge in [0, 0.05) is 11.5 Å². The second-order valence-corrected chi connectivity index (χ2v) is 6.86. The van der Waals surface area contributed by atoms with E-state index in [0.29, 0.717) is 18.1 Å². The Morgan fingerprint density at radius 1 is 1.47 bits per heavy atom. The van der Waals surface area contributed by atoms with E-state index in [9.17, 15) is 13.2 Å². The zero-order valence-corrected chi connectivity index (χ0v) is 12.4. The largest absolute Gasteiger partial charge is 0.460 e. The summed E-state index contributed by atoms with van der Waals surface area (Å²) in [7, 11) is -3.71. The van der Waals surface area contributed by atoms with Gasteiger partial charge in [0.2, 0.25) is 10.0 Å². The van der Waals surface area contributed by atoms with Gasteiger partial charge in [-0.25, -0.2) is 13.6 Å². The maximum absolute atomic E-state index is 11.6. The average molecular weight is 307 g/mol. The van der Waals surface area contributed by atoms with Crippen molar-refractivity contribution in [1.82, 2.24) is 0 Å². The van der Waals surface area contributed by atoms with Gasteiger partial charge in [-0.3, -0.25) is 4.79 Å². The zero-order valence-electron chi connectivity index (χ0n) is 10.8. The quantitative estimate of drug-likeness (QED) is 0.755. The number of nitrogens with two attached hydrogens (primary N) is 1. The Balaban J connectivity index is 2.51. The number of hydrogen-bond donors (Lipinski definition) is 1. The molecule has 0 radical (unpaired) electrons. The minimum absolute atomic E-state index is 0.0245. The summed E-state index contributed by atoms with van der Waals surface area (Å²) in [6, 6.07) is 2.94. The Hall–Kier alpha value is -0.960. The van der Waals surface area contributed by atoms with Crippen LogP contribution in [0.15, 0.2) is 16.3 Å². The number of rotatable bonds is 7. The van der Waals surface area contributed by atoms with Crippen LogP contribution in [0.4, 0.5) is 0 Å². The molecule has 2 N–H and O–H groups in total. The lowest BCUT2D eigenvalue weighted by Gasteiger charge is -2.12. The first kappa shape index (κ1) is 16.1. The van der Waals surface area contributed by atoms with E-state index in [2.05, 4.69) is 0 Å². The van der Waals surface area contributed by atoms with E-state index in [4.69, 9.17) is 14.6 Å². The molecule has 0 aliphatic heterocycles. The van der Waals surface area contributed by atoms with E-state index in [0.717, 1.165) is 11.3 Å². The molecule has 1 aromatic rings. The second-order valence-electron chi connectivity index (χ2n) is 3.90. The smallest absolute Gasteiger partial charge is 0.311 e. The summed E-state index contributed by atoms with van der Waals surface area (Å²) < 4.78 is 32.4. The van der Waals surface area contributed by atoms with E-state index in [1.807, 2.05) is 6.92 Å².